The number of thioether (sulfide) groups is 1. The number of nitrogens with one attached hydrogen (secondary N) is 1. The lowest BCUT2D eigenvalue weighted by Crippen LogP contribution is -2.27. The first-order valence-electron chi connectivity index (χ1n) is 5.02. The molecule has 1 aromatic carbocycles. The minimum absolute atomic E-state index is 0.174. The number of anilines is 1. The van der Waals surface area contributed by atoms with E-state index in [1.807, 2.05) is 24.3 Å². The highest BCUT2D eigenvalue weighted by Gasteiger charge is 2.20. The molecule has 1 atom stereocenters. The Balaban J connectivity index is 1.85. The molecule has 1 aromatic rings. The lowest BCUT2D eigenvalue weighted by atomic mass is 10.2. The highest BCUT2D eigenvalue weighted by Crippen LogP contribution is 2.23. The number of hydrogen-bond acceptors (Lipinski definition) is 3. The number of nitrogens with two attached hydrogens (primary N) is 1. The second-order valence-corrected chi connectivity index (χ2v) is 4.78. The molecular formula is C11H14N2OS. The third-order valence-electron chi connectivity index (χ3n) is 2.39. The maximum Gasteiger partial charge on any atom is 0.220 e. The SMILES string of the molecule is Nc1cccc(SCC2CCC(=O)N2)c1. The van der Waals surface area contributed by atoms with Gasteiger partial charge in [0.25, 0.3) is 0 Å². The van der Waals surface area contributed by atoms with E-state index in [1.54, 1.807) is 11.8 Å². The molecule has 0 aliphatic carbocycles. The highest BCUT2D eigenvalue weighted by molar-refractivity contribution is 7.99. The molecule has 0 bridgehead atoms. The fraction of sp³-hybridized carbons (Fsp3) is 0.364. The predicted molar refractivity (Wildman–Crippen MR) is 62.7 cm³/mol. The summed E-state index contributed by atoms with van der Waals surface area (Å²) in [7, 11) is 0. The third-order valence-corrected chi connectivity index (χ3v) is 3.55. The van der Waals surface area contributed by atoms with Gasteiger partial charge in [0, 0.05) is 28.8 Å². The lowest BCUT2D eigenvalue weighted by molar-refractivity contribution is -0.119. The summed E-state index contributed by atoms with van der Waals surface area (Å²) in [6, 6.07) is 8.15. The molecule has 80 valence electrons. The van der Waals surface area contributed by atoms with Crippen LogP contribution in [0.3, 0.4) is 0 Å². The molecule has 15 heavy (non-hydrogen) atoms. The average molecular weight is 222 g/mol. The van der Waals surface area contributed by atoms with Crippen LogP contribution in [0.15, 0.2) is 29.2 Å². The summed E-state index contributed by atoms with van der Waals surface area (Å²) < 4.78 is 0. The Morgan fingerprint density at radius 2 is 2.40 bits per heavy atom. The van der Waals surface area contributed by atoms with Crippen molar-refractivity contribution in [1.29, 1.82) is 0 Å². The van der Waals surface area contributed by atoms with Crippen LogP contribution in [-0.2, 0) is 4.79 Å². The van der Waals surface area contributed by atoms with Crippen molar-refractivity contribution in [2.24, 2.45) is 0 Å². The van der Waals surface area contributed by atoms with Crippen molar-refractivity contribution in [3.8, 4) is 0 Å². The molecule has 0 saturated carbocycles. The van der Waals surface area contributed by atoms with E-state index in [2.05, 4.69) is 5.32 Å². The van der Waals surface area contributed by atoms with Crippen LogP contribution >= 0.6 is 11.8 Å². The second kappa shape index (κ2) is 4.57. The summed E-state index contributed by atoms with van der Waals surface area (Å²) in [5, 5.41) is 2.95. The fourth-order valence-electron chi connectivity index (χ4n) is 1.60. The Bertz CT molecular complexity index is 367. The molecule has 3 nitrogen and oxygen atoms in total. The smallest absolute Gasteiger partial charge is 0.220 e. The van der Waals surface area contributed by atoms with E-state index in [-0.39, 0.29) is 5.91 Å². The molecule has 2 rings (SSSR count). The van der Waals surface area contributed by atoms with Gasteiger partial charge >= 0.3 is 0 Å². The number of carbonyl (C=O) groups excluding carboxylic acids is 1. The highest BCUT2D eigenvalue weighted by atomic mass is 32.2. The monoisotopic (exact) mass is 222 g/mol. The van der Waals surface area contributed by atoms with E-state index >= 15 is 0 Å². The van der Waals surface area contributed by atoms with E-state index in [1.165, 1.54) is 0 Å². The zero-order chi connectivity index (χ0) is 10.7. The van der Waals surface area contributed by atoms with Crippen LogP contribution in [0.25, 0.3) is 0 Å². The molecule has 3 N–H and O–H groups in total. The first kappa shape index (κ1) is 10.4. The Morgan fingerprint density at radius 1 is 1.53 bits per heavy atom. The first-order valence-corrected chi connectivity index (χ1v) is 6.00. The minimum Gasteiger partial charge on any atom is -0.399 e. The molecule has 1 saturated heterocycles. The number of carbonyl (C=O) groups is 1. The number of rotatable bonds is 3. The van der Waals surface area contributed by atoms with Crippen molar-refractivity contribution >= 4 is 23.4 Å². The van der Waals surface area contributed by atoms with Crippen LogP contribution in [0.5, 0.6) is 0 Å². The normalized spacial score (nSPS) is 20.3. The van der Waals surface area contributed by atoms with Crippen molar-refractivity contribution in [3.05, 3.63) is 24.3 Å². The van der Waals surface area contributed by atoms with Crippen molar-refractivity contribution < 1.29 is 4.79 Å². The summed E-state index contributed by atoms with van der Waals surface area (Å²) in [4.78, 5) is 12.1. The zero-order valence-electron chi connectivity index (χ0n) is 8.40. The second-order valence-electron chi connectivity index (χ2n) is 3.69. The summed E-state index contributed by atoms with van der Waals surface area (Å²) >= 11 is 1.74. The van der Waals surface area contributed by atoms with Crippen molar-refractivity contribution in [3.63, 3.8) is 0 Å². The molecule has 1 fully saturated rings. The molecular weight excluding hydrogens is 208 g/mol. The van der Waals surface area contributed by atoms with Gasteiger partial charge in [-0.25, -0.2) is 0 Å². The van der Waals surface area contributed by atoms with Crippen LogP contribution in [-0.4, -0.2) is 17.7 Å². The minimum atomic E-state index is 0.174. The largest absolute Gasteiger partial charge is 0.399 e. The topological polar surface area (TPSA) is 55.1 Å². The maximum absolute atomic E-state index is 11.0. The van der Waals surface area contributed by atoms with Gasteiger partial charge in [0.15, 0.2) is 0 Å². The Morgan fingerprint density at radius 3 is 3.07 bits per heavy atom. The van der Waals surface area contributed by atoms with Gasteiger partial charge in [-0.15, -0.1) is 11.8 Å². The van der Waals surface area contributed by atoms with Crippen LogP contribution in [0.4, 0.5) is 5.69 Å². The third kappa shape index (κ3) is 2.89. The Hall–Kier alpha value is -1.16. The lowest BCUT2D eigenvalue weighted by Gasteiger charge is -2.09. The van der Waals surface area contributed by atoms with Crippen LogP contribution < -0.4 is 11.1 Å². The standard InChI is InChI=1S/C11H14N2OS/c12-8-2-1-3-10(6-8)15-7-9-4-5-11(14)13-9/h1-3,6,9H,4-5,7,12H2,(H,13,14). The maximum atomic E-state index is 11.0. The van der Waals surface area contributed by atoms with Gasteiger partial charge < -0.3 is 11.1 Å². The molecule has 1 heterocycles. The van der Waals surface area contributed by atoms with E-state index < -0.39 is 0 Å². The Labute approximate surface area is 93.4 Å². The van der Waals surface area contributed by atoms with Crippen LogP contribution in [0.1, 0.15) is 12.8 Å². The Kier molecular flexibility index (Phi) is 3.16. The van der Waals surface area contributed by atoms with Crippen LogP contribution in [0.2, 0.25) is 0 Å². The fourth-order valence-corrected chi connectivity index (χ4v) is 2.64. The van der Waals surface area contributed by atoms with Gasteiger partial charge in [-0.05, 0) is 24.6 Å². The first-order chi connectivity index (χ1) is 7.24. The van der Waals surface area contributed by atoms with Gasteiger partial charge in [0.05, 0.1) is 0 Å². The number of amides is 1. The van der Waals surface area contributed by atoms with Gasteiger partial charge in [0.2, 0.25) is 5.91 Å². The van der Waals surface area contributed by atoms with Crippen molar-refractivity contribution in [2.45, 2.75) is 23.8 Å². The van der Waals surface area contributed by atoms with E-state index in [9.17, 15) is 4.79 Å². The molecule has 1 aliphatic rings. The van der Waals surface area contributed by atoms with Crippen molar-refractivity contribution in [1.82, 2.24) is 5.32 Å². The molecule has 4 heteroatoms. The van der Waals surface area contributed by atoms with Gasteiger partial charge in [-0.2, -0.15) is 0 Å². The van der Waals surface area contributed by atoms with E-state index in [0.29, 0.717) is 12.5 Å². The molecule has 0 radical (unpaired) electrons. The number of hydrogen-bond donors (Lipinski definition) is 2. The van der Waals surface area contributed by atoms with Crippen molar-refractivity contribution in [2.75, 3.05) is 11.5 Å². The molecule has 1 amide bonds. The van der Waals surface area contributed by atoms with Crippen LogP contribution in [0, 0.1) is 0 Å². The quantitative estimate of drug-likeness (QED) is 0.604. The summed E-state index contributed by atoms with van der Waals surface area (Å²) in [5.74, 6) is 1.10. The molecule has 0 spiro atoms. The van der Waals surface area contributed by atoms with E-state index in [0.717, 1.165) is 22.8 Å². The summed E-state index contributed by atoms with van der Waals surface area (Å²) in [5.41, 5.74) is 6.47. The predicted octanol–water partition coefficient (Wildman–Crippen LogP) is 1.64. The number of benzene rings is 1. The van der Waals surface area contributed by atoms with Gasteiger partial charge in [-0.3, -0.25) is 4.79 Å². The molecule has 1 aliphatic heterocycles. The van der Waals surface area contributed by atoms with Gasteiger partial charge in [-0.1, -0.05) is 6.07 Å². The zero-order valence-corrected chi connectivity index (χ0v) is 9.22. The number of nitrogen functional groups attached to an aromatic ring is 1. The average Bonchev–Trinajstić information content (AvgIpc) is 2.62. The van der Waals surface area contributed by atoms with Gasteiger partial charge in [0.1, 0.15) is 0 Å². The molecule has 1 unspecified atom stereocenters. The van der Waals surface area contributed by atoms with E-state index in [4.69, 9.17) is 5.73 Å². The summed E-state index contributed by atoms with van der Waals surface area (Å²) in [6.07, 6.45) is 1.62. The summed E-state index contributed by atoms with van der Waals surface area (Å²) in [6.45, 7) is 0. The molecule has 0 aromatic heterocycles.